The van der Waals surface area contributed by atoms with E-state index >= 15 is 0 Å². The van der Waals surface area contributed by atoms with Crippen LogP contribution < -0.4 is 4.89 Å². The lowest BCUT2D eigenvalue weighted by Crippen LogP contribution is -2.51. The second kappa shape index (κ2) is 28.1. The first-order chi connectivity index (χ1) is 39.5. The Morgan fingerprint density at radius 2 is 1.02 bits per heavy atom. The fourth-order valence-corrected chi connectivity index (χ4v) is 20.4. The van der Waals surface area contributed by atoms with Crippen LogP contribution in [-0.2, 0) is 51.7 Å². The lowest BCUT2D eigenvalue weighted by molar-refractivity contribution is -0.870. The van der Waals surface area contributed by atoms with Crippen LogP contribution in [-0.4, -0.2) is 94.2 Å². The van der Waals surface area contributed by atoms with Gasteiger partial charge in [0.2, 0.25) is 0 Å². The van der Waals surface area contributed by atoms with Crippen LogP contribution >= 0.6 is 7.82 Å². The van der Waals surface area contributed by atoms with Gasteiger partial charge in [-0.3, -0.25) is 23.7 Å². The van der Waals surface area contributed by atoms with Crippen molar-refractivity contribution in [1.82, 2.24) is 0 Å². The van der Waals surface area contributed by atoms with Gasteiger partial charge in [0, 0.05) is 12.8 Å². The number of ether oxygens (including phenoxy) is 4. The number of phosphoric acid groups is 1. The Hall–Kier alpha value is -2.57. The van der Waals surface area contributed by atoms with Crippen LogP contribution in [0, 0.1) is 92.7 Å². The molecular formula is C70H116NO12P. The number of likely N-dealkylation sites (N-methyl/N-ethyl adjacent to an activating group) is 1. The predicted molar refractivity (Wildman–Crippen MR) is 328 cm³/mol. The van der Waals surface area contributed by atoms with Crippen molar-refractivity contribution in [3.63, 3.8) is 0 Å². The van der Waals surface area contributed by atoms with Crippen LogP contribution in [0.3, 0.4) is 0 Å². The van der Waals surface area contributed by atoms with Gasteiger partial charge in [-0.1, -0.05) is 131 Å². The molecule has 84 heavy (non-hydrogen) atoms. The van der Waals surface area contributed by atoms with E-state index in [9.17, 15) is 28.6 Å². The molecule has 14 heteroatoms. The average molecular weight is 1190 g/mol. The number of esters is 4. The topological polar surface area (TPSA) is 164 Å². The van der Waals surface area contributed by atoms with Crippen molar-refractivity contribution in [2.45, 2.75) is 254 Å². The quantitative estimate of drug-likeness (QED) is 0.0240. The molecule has 0 heterocycles. The van der Waals surface area contributed by atoms with E-state index in [2.05, 4.69) is 81.4 Å². The molecule has 0 radical (unpaired) electrons. The van der Waals surface area contributed by atoms with Gasteiger partial charge in [-0.25, -0.2) is 0 Å². The molecule has 0 aromatic rings. The van der Waals surface area contributed by atoms with Gasteiger partial charge in [-0.15, -0.1) is 0 Å². The minimum atomic E-state index is -4.84. The molecule has 6 fully saturated rings. The second-order valence-corrected chi connectivity index (χ2v) is 33.1. The zero-order chi connectivity index (χ0) is 61.0. The summed E-state index contributed by atoms with van der Waals surface area (Å²) in [6.07, 6.45) is 27.9. The fourth-order valence-electron chi connectivity index (χ4n) is 19.7. The second-order valence-electron chi connectivity index (χ2n) is 31.7. The maximum Gasteiger partial charge on any atom is 0.306 e. The van der Waals surface area contributed by atoms with Gasteiger partial charge < -0.3 is 37.4 Å². The first kappa shape index (κ1) is 67.4. The van der Waals surface area contributed by atoms with Gasteiger partial charge in [0.05, 0.1) is 53.4 Å². The Morgan fingerprint density at radius 3 is 1.48 bits per heavy atom. The van der Waals surface area contributed by atoms with Crippen molar-refractivity contribution in [2.75, 3.05) is 47.5 Å². The smallest absolute Gasteiger partial charge is 0.306 e. The van der Waals surface area contributed by atoms with Crippen LogP contribution in [0.1, 0.15) is 236 Å². The van der Waals surface area contributed by atoms with Gasteiger partial charge in [-0.2, -0.15) is 0 Å². The van der Waals surface area contributed by atoms with E-state index in [0.717, 1.165) is 92.3 Å². The van der Waals surface area contributed by atoms with E-state index in [1.165, 1.54) is 101 Å². The maximum atomic E-state index is 13.4. The number of nitrogens with zero attached hydrogens (tertiary/aromatic N) is 1. The van der Waals surface area contributed by atoms with Crippen molar-refractivity contribution in [2.24, 2.45) is 92.7 Å². The van der Waals surface area contributed by atoms with Crippen molar-refractivity contribution < 1.29 is 61.1 Å². The highest BCUT2D eigenvalue weighted by Crippen LogP contribution is 2.69. The van der Waals surface area contributed by atoms with E-state index < -0.39 is 51.0 Å². The maximum absolute atomic E-state index is 13.4. The van der Waals surface area contributed by atoms with Crippen LogP contribution in [0.4, 0.5) is 0 Å². The van der Waals surface area contributed by atoms with Crippen molar-refractivity contribution in [3.8, 4) is 0 Å². The molecule has 0 bridgehead atoms. The Balaban J connectivity index is 0.781. The molecule has 0 spiro atoms. The third-order valence-corrected chi connectivity index (χ3v) is 25.3. The lowest BCUT2D eigenvalue weighted by Gasteiger charge is -2.58. The number of hydrogen-bond acceptors (Lipinski definition) is 12. The number of rotatable bonds is 28. The molecule has 0 aromatic heterocycles. The monoisotopic (exact) mass is 1190 g/mol. The summed E-state index contributed by atoms with van der Waals surface area (Å²) in [6.45, 7) is 23.7. The van der Waals surface area contributed by atoms with Gasteiger partial charge >= 0.3 is 23.9 Å². The minimum Gasteiger partial charge on any atom is -0.756 e. The molecule has 478 valence electrons. The van der Waals surface area contributed by atoms with Crippen molar-refractivity contribution in [1.29, 1.82) is 0 Å². The standard InChI is InChI=1S/C70H116NO12P/c1-46(2)16-14-18-48(5)57-24-26-59-55-22-20-50-42-52(32-36-67(50,7)61(55)34-38-69(57,59)9)81-64(73)29-28-63(72)78-44-54(45-80-84(76,77)79-41-40-71(11,12)13)83-66(75)31-30-65(74)82-53-33-37-68(8)51(43-53)21-23-56-60-27-25-58(49(6)19-15-17-47(3)4)70(60,10)39-35-62(56)68/h20-21,46-49,52-62H,14-19,22-45H2,1-13H3/t48-,49-,52+,53+,54-,55+,56+,57-,58-,59+,60+,61+,62+,67+,68+,69-,70-/m1/s1. The first-order valence-corrected chi connectivity index (χ1v) is 35.5. The summed E-state index contributed by atoms with van der Waals surface area (Å²) in [4.78, 5) is 65.9. The van der Waals surface area contributed by atoms with E-state index in [1.54, 1.807) is 0 Å². The van der Waals surface area contributed by atoms with E-state index in [0.29, 0.717) is 52.0 Å². The third-order valence-electron chi connectivity index (χ3n) is 24.3. The summed E-state index contributed by atoms with van der Waals surface area (Å²) in [5.74, 6) is 6.46. The number of fused-ring (bicyclic) bond motifs is 10. The predicted octanol–water partition coefficient (Wildman–Crippen LogP) is 15.1. The van der Waals surface area contributed by atoms with Crippen LogP contribution in [0.2, 0.25) is 0 Å². The SMILES string of the molecule is CC(C)CCC[C@@H](C)[C@H]1CC[C@H]2[C@@H]3CC=C4C[C@@H](OC(=O)CCC(=O)OC[C@H](COP(=O)([O-])OCC[N+](C)(C)C)OC(=O)CCC(=O)O[C@H]5CC[C@@]6(C)C(=CC[C@H]7[C@@H]8CC[C@H]([C@H](C)CCCC(C)C)[C@@]8(C)CC[C@@H]76)C5)CC[C@]4(C)[C@H]3CC[C@]12C. The van der Waals surface area contributed by atoms with Gasteiger partial charge in [0.1, 0.15) is 32.0 Å². The molecule has 6 saturated carbocycles. The zero-order valence-corrected chi connectivity index (χ0v) is 55.7. The highest BCUT2D eigenvalue weighted by atomic mass is 31.2. The number of carbonyl (C=O) groups excluding carboxylic acids is 4. The molecule has 1 unspecified atom stereocenters. The summed E-state index contributed by atoms with van der Waals surface area (Å²) >= 11 is 0. The molecule has 13 nitrogen and oxygen atoms in total. The van der Waals surface area contributed by atoms with Crippen molar-refractivity contribution in [3.05, 3.63) is 23.3 Å². The molecule has 0 N–H and O–H groups in total. The number of carbonyl (C=O) groups is 4. The molecule has 0 aromatic carbocycles. The average Bonchev–Trinajstić information content (AvgIpc) is 2.07. The zero-order valence-electron chi connectivity index (χ0n) is 54.8. The molecule has 8 aliphatic carbocycles. The summed E-state index contributed by atoms with van der Waals surface area (Å²) in [7, 11) is 0.853. The molecule has 0 aliphatic heterocycles. The summed E-state index contributed by atoms with van der Waals surface area (Å²) in [6, 6.07) is 0. The molecular weight excluding hydrogens is 1080 g/mol. The number of hydrogen-bond donors (Lipinski definition) is 0. The Labute approximate surface area is 508 Å². The fraction of sp³-hybridized carbons (Fsp3) is 0.886. The minimum absolute atomic E-state index is 0.103. The Morgan fingerprint density at radius 1 is 0.571 bits per heavy atom. The van der Waals surface area contributed by atoms with Crippen molar-refractivity contribution >= 4 is 31.7 Å². The Kier molecular flexibility index (Phi) is 22.5. The van der Waals surface area contributed by atoms with Crippen LogP contribution in [0.25, 0.3) is 0 Å². The van der Waals surface area contributed by atoms with Crippen LogP contribution in [0.5, 0.6) is 0 Å². The van der Waals surface area contributed by atoms with Gasteiger partial charge in [-0.05, 0) is 183 Å². The lowest BCUT2D eigenvalue weighted by atomic mass is 9.47. The summed E-state index contributed by atoms with van der Waals surface area (Å²) in [5.41, 5.74) is 3.91. The van der Waals surface area contributed by atoms with Gasteiger partial charge in [0.15, 0.2) is 6.10 Å². The number of quaternary nitrogens is 1. The highest BCUT2D eigenvalue weighted by Gasteiger charge is 2.61. The molecule has 8 rings (SSSR count). The first-order valence-electron chi connectivity index (χ1n) is 34.1. The van der Waals surface area contributed by atoms with E-state index in [1.807, 2.05) is 21.1 Å². The summed E-state index contributed by atoms with van der Waals surface area (Å²) < 4.78 is 46.6. The third kappa shape index (κ3) is 16.1. The largest absolute Gasteiger partial charge is 0.756 e. The molecule has 8 aliphatic rings. The Bertz CT molecular complexity index is 2380. The molecule has 0 saturated heterocycles. The summed E-state index contributed by atoms with van der Waals surface area (Å²) in [5, 5.41) is 0. The van der Waals surface area contributed by atoms with Crippen LogP contribution in [0.15, 0.2) is 23.3 Å². The number of phosphoric ester groups is 1. The molecule has 18 atom stereocenters. The highest BCUT2D eigenvalue weighted by molar-refractivity contribution is 7.45. The van der Waals surface area contributed by atoms with Gasteiger partial charge in [0.25, 0.3) is 7.82 Å². The normalized spacial score (nSPS) is 36.2. The van der Waals surface area contributed by atoms with E-state index in [4.69, 9.17) is 28.0 Å². The number of allylic oxidation sites excluding steroid dienone is 2. The molecule has 0 amide bonds. The van der Waals surface area contributed by atoms with E-state index in [-0.39, 0.29) is 55.3 Å².